The van der Waals surface area contributed by atoms with Gasteiger partial charge < -0.3 is 4.90 Å². The predicted molar refractivity (Wildman–Crippen MR) is 163 cm³/mol. The number of nitrogens with zero attached hydrogens (tertiary/aromatic N) is 2. The lowest BCUT2D eigenvalue weighted by Gasteiger charge is -2.49. The SMILES string of the molecule is Cc1cccc(C(Cc2ccccc2)(C(CC(Cc2ccccc2)N(C)C)c2cccc(Cl)c2)N(C)C)c1. The Morgan fingerprint density at radius 1 is 0.711 bits per heavy atom. The van der Waals surface area contributed by atoms with Gasteiger partial charge in [-0.15, -0.1) is 0 Å². The normalized spacial score (nSPS) is 14.8. The number of benzene rings is 4. The molecule has 0 radical (unpaired) electrons. The quantitative estimate of drug-likeness (QED) is 0.196. The third-order valence-corrected chi connectivity index (χ3v) is 8.25. The van der Waals surface area contributed by atoms with Crippen LogP contribution in [0, 0.1) is 6.92 Å². The minimum absolute atomic E-state index is 0.189. The van der Waals surface area contributed by atoms with Crippen molar-refractivity contribution in [3.63, 3.8) is 0 Å². The molecule has 3 unspecified atom stereocenters. The molecule has 0 aliphatic carbocycles. The summed E-state index contributed by atoms with van der Waals surface area (Å²) in [5.74, 6) is 0.189. The Balaban J connectivity index is 1.92. The maximum absolute atomic E-state index is 6.65. The van der Waals surface area contributed by atoms with Crippen LogP contribution in [0.25, 0.3) is 0 Å². The maximum atomic E-state index is 6.65. The maximum Gasteiger partial charge on any atom is 0.0565 e. The molecule has 0 aliphatic heterocycles. The minimum atomic E-state index is -0.289. The van der Waals surface area contributed by atoms with Gasteiger partial charge in [0, 0.05) is 17.0 Å². The summed E-state index contributed by atoms with van der Waals surface area (Å²) < 4.78 is 0. The summed E-state index contributed by atoms with van der Waals surface area (Å²) in [4.78, 5) is 4.85. The lowest BCUT2D eigenvalue weighted by atomic mass is 9.67. The van der Waals surface area contributed by atoms with E-state index in [1.807, 2.05) is 6.07 Å². The van der Waals surface area contributed by atoms with Gasteiger partial charge in [0.2, 0.25) is 0 Å². The third-order valence-electron chi connectivity index (χ3n) is 8.01. The summed E-state index contributed by atoms with van der Waals surface area (Å²) in [6.07, 6.45) is 2.88. The molecule has 0 fully saturated rings. The van der Waals surface area contributed by atoms with Crippen LogP contribution in [-0.4, -0.2) is 44.0 Å². The highest BCUT2D eigenvalue weighted by Crippen LogP contribution is 2.47. The molecule has 0 saturated carbocycles. The topological polar surface area (TPSA) is 6.48 Å². The monoisotopic (exact) mass is 524 g/mol. The van der Waals surface area contributed by atoms with Crippen molar-refractivity contribution >= 4 is 11.6 Å². The van der Waals surface area contributed by atoms with Crippen molar-refractivity contribution in [1.82, 2.24) is 9.80 Å². The molecule has 4 aromatic rings. The second-order valence-electron chi connectivity index (χ2n) is 11.0. The molecule has 198 valence electrons. The molecule has 4 rings (SSSR count). The lowest BCUT2D eigenvalue weighted by molar-refractivity contribution is 0.0915. The molecule has 38 heavy (non-hydrogen) atoms. The highest BCUT2D eigenvalue weighted by Gasteiger charge is 2.44. The molecule has 0 aliphatic rings. The molecule has 0 saturated heterocycles. The fourth-order valence-corrected chi connectivity index (χ4v) is 6.14. The summed E-state index contributed by atoms with van der Waals surface area (Å²) in [6.45, 7) is 2.19. The van der Waals surface area contributed by atoms with E-state index in [9.17, 15) is 0 Å². The molecule has 0 bridgehead atoms. The van der Waals surface area contributed by atoms with Gasteiger partial charge in [-0.1, -0.05) is 114 Å². The van der Waals surface area contributed by atoms with Crippen LogP contribution < -0.4 is 0 Å². The van der Waals surface area contributed by atoms with Gasteiger partial charge in [-0.3, -0.25) is 4.90 Å². The van der Waals surface area contributed by atoms with Crippen LogP contribution in [0.5, 0.6) is 0 Å². The van der Waals surface area contributed by atoms with E-state index in [2.05, 4.69) is 148 Å². The average Bonchev–Trinajstić information content (AvgIpc) is 2.91. The second kappa shape index (κ2) is 12.8. The molecule has 3 atom stereocenters. The molecular formula is C35H41ClN2. The van der Waals surface area contributed by atoms with E-state index in [-0.39, 0.29) is 11.5 Å². The average molecular weight is 525 g/mol. The Labute approximate surface area is 234 Å². The fourth-order valence-electron chi connectivity index (χ4n) is 5.94. The largest absolute Gasteiger partial charge is 0.306 e. The standard InChI is InChI=1S/C35H41ClN2/c1-27-14-12-20-31(22-27)35(38(4)5,26-29-17-10-7-11-18-29)34(30-19-13-21-32(36)24-30)25-33(37(2)3)23-28-15-8-6-9-16-28/h6-22,24,33-34H,23,25-26H2,1-5H3. The smallest absolute Gasteiger partial charge is 0.0565 e. The minimum Gasteiger partial charge on any atom is -0.306 e. The van der Waals surface area contributed by atoms with Crippen molar-refractivity contribution in [1.29, 1.82) is 0 Å². The first-order valence-electron chi connectivity index (χ1n) is 13.5. The van der Waals surface area contributed by atoms with Crippen molar-refractivity contribution in [2.75, 3.05) is 28.2 Å². The van der Waals surface area contributed by atoms with Gasteiger partial charge in [-0.05, 0) is 88.8 Å². The number of rotatable bonds is 11. The van der Waals surface area contributed by atoms with Crippen LogP contribution in [0.4, 0.5) is 0 Å². The number of aryl methyl sites for hydroxylation is 1. The fraction of sp³-hybridized carbons (Fsp3) is 0.314. The van der Waals surface area contributed by atoms with Crippen LogP contribution in [0.1, 0.15) is 40.2 Å². The Morgan fingerprint density at radius 2 is 1.34 bits per heavy atom. The first-order valence-corrected chi connectivity index (χ1v) is 13.9. The Hall–Kier alpha value is -2.91. The summed E-state index contributed by atoms with van der Waals surface area (Å²) in [5.41, 5.74) is 6.31. The van der Waals surface area contributed by atoms with Crippen LogP contribution >= 0.6 is 11.6 Å². The van der Waals surface area contributed by atoms with E-state index < -0.39 is 0 Å². The number of halogens is 1. The van der Waals surface area contributed by atoms with Crippen LogP contribution in [-0.2, 0) is 18.4 Å². The van der Waals surface area contributed by atoms with Crippen molar-refractivity contribution in [2.45, 2.75) is 43.7 Å². The van der Waals surface area contributed by atoms with Gasteiger partial charge in [0.25, 0.3) is 0 Å². The zero-order valence-electron chi connectivity index (χ0n) is 23.4. The third kappa shape index (κ3) is 6.56. The Bertz CT molecular complexity index is 1290. The molecule has 0 spiro atoms. The van der Waals surface area contributed by atoms with Crippen molar-refractivity contribution in [3.8, 4) is 0 Å². The Morgan fingerprint density at radius 3 is 1.92 bits per heavy atom. The van der Waals surface area contributed by atoms with Gasteiger partial charge >= 0.3 is 0 Å². The molecule has 3 heteroatoms. The Kier molecular flexibility index (Phi) is 9.44. The summed E-state index contributed by atoms with van der Waals surface area (Å²) >= 11 is 6.65. The highest BCUT2D eigenvalue weighted by atomic mass is 35.5. The molecule has 4 aromatic carbocycles. The first-order chi connectivity index (χ1) is 18.3. The first kappa shape index (κ1) is 28.1. The van der Waals surface area contributed by atoms with E-state index in [1.54, 1.807) is 0 Å². The van der Waals surface area contributed by atoms with Crippen LogP contribution in [0.15, 0.2) is 109 Å². The number of likely N-dealkylation sites (N-methyl/N-ethyl adjacent to an activating group) is 2. The molecule has 0 amide bonds. The lowest BCUT2D eigenvalue weighted by Crippen LogP contribution is -2.50. The van der Waals surface area contributed by atoms with E-state index in [4.69, 9.17) is 11.6 Å². The van der Waals surface area contributed by atoms with E-state index in [0.717, 1.165) is 24.3 Å². The van der Waals surface area contributed by atoms with Gasteiger partial charge in [-0.2, -0.15) is 0 Å². The molecule has 2 nitrogen and oxygen atoms in total. The summed E-state index contributed by atoms with van der Waals surface area (Å²) in [5, 5.41) is 0.786. The van der Waals surface area contributed by atoms with E-state index in [0.29, 0.717) is 6.04 Å². The van der Waals surface area contributed by atoms with Gasteiger partial charge in [0.05, 0.1) is 5.54 Å². The predicted octanol–water partition coefficient (Wildman–Crippen LogP) is 7.99. The molecular weight excluding hydrogens is 484 g/mol. The zero-order valence-corrected chi connectivity index (χ0v) is 24.2. The van der Waals surface area contributed by atoms with Crippen molar-refractivity contribution in [3.05, 3.63) is 142 Å². The highest BCUT2D eigenvalue weighted by molar-refractivity contribution is 6.30. The van der Waals surface area contributed by atoms with Crippen molar-refractivity contribution < 1.29 is 0 Å². The van der Waals surface area contributed by atoms with Gasteiger partial charge in [0.15, 0.2) is 0 Å². The molecule has 0 N–H and O–H groups in total. The van der Waals surface area contributed by atoms with Crippen LogP contribution in [0.3, 0.4) is 0 Å². The number of hydrogen-bond acceptors (Lipinski definition) is 2. The molecule has 0 heterocycles. The molecule has 0 aromatic heterocycles. The van der Waals surface area contributed by atoms with Gasteiger partial charge in [0.1, 0.15) is 0 Å². The van der Waals surface area contributed by atoms with E-state index >= 15 is 0 Å². The zero-order chi connectivity index (χ0) is 27.1. The van der Waals surface area contributed by atoms with Crippen LogP contribution in [0.2, 0.25) is 5.02 Å². The summed E-state index contributed by atoms with van der Waals surface area (Å²) in [7, 11) is 8.91. The van der Waals surface area contributed by atoms with Gasteiger partial charge in [-0.25, -0.2) is 0 Å². The van der Waals surface area contributed by atoms with E-state index in [1.165, 1.54) is 27.8 Å². The second-order valence-corrected chi connectivity index (χ2v) is 11.4. The van der Waals surface area contributed by atoms with Crippen molar-refractivity contribution in [2.24, 2.45) is 0 Å². The number of hydrogen-bond donors (Lipinski definition) is 0. The summed E-state index contributed by atoms with van der Waals surface area (Å²) in [6, 6.07) is 39.8.